The molecule has 0 aromatic carbocycles. The minimum atomic E-state index is 0.577. The lowest BCUT2D eigenvalue weighted by Crippen LogP contribution is -1.61. The normalized spacial score (nSPS) is 6.93. The third-order valence-corrected chi connectivity index (χ3v) is 2.15. The van der Waals surface area contributed by atoms with E-state index < -0.39 is 0 Å². The van der Waals surface area contributed by atoms with Crippen LogP contribution in [0.4, 0.5) is 0 Å². The number of aldehydes is 1. The van der Waals surface area contributed by atoms with Crippen LogP contribution >= 0.6 is 11.3 Å². The van der Waals surface area contributed by atoms with Crippen LogP contribution in [0, 0.1) is 35.5 Å². The Morgan fingerprint density at radius 1 is 1.21 bits per heavy atom. The number of thiophene rings is 1. The van der Waals surface area contributed by atoms with Crippen molar-refractivity contribution in [3.8, 4) is 35.5 Å². The van der Waals surface area contributed by atoms with Gasteiger partial charge < -0.3 is 0 Å². The molecule has 0 bridgehead atoms. The highest BCUT2D eigenvalue weighted by atomic mass is 32.1. The van der Waals surface area contributed by atoms with Gasteiger partial charge in [-0.15, -0.1) is 11.3 Å². The average Bonchev–Trinajstić information content (AvgIpc) is 2.63. The largest absolute Gasteiger partial charge is 0.289 e. The summed E-state index contributed by atoms with van der Waals surface area (Å²) in [6.45, 7) is 1.74. The summed E-state index contributed by atoms with van der Waals surface area (Å²) in [6.07, 6.45) is 0.577. The highest BCUT2D eigenvalue weighted by Gasteiger charge is 1.92. The van der Waals surface area contributed by atoms with E-state index in [1.54, 1.807) is 6.92 Å². The Morgan fingerprint density at radius 2 is 1.93 bits per heavy atom. The molecular weight excluding hydrogens is 192 g/mol. The van der Waals surface area contributed by atoms with Gasteiger partial charge in [0.05, 0.1) is 9.75 Å². The molecule has 14 heavy (non-hydrogen) atoms. The molecule has 0 spiro atoms. The van der Waals surface area contributed by atoms with Gasteiger partial charge in [-0.2, -0.15) is 0 Å². The van der Waals surface area contributed by atoms with Crippen molar-refractivity contribution in [3.63, 3.8) is 0 Å². The molecule has 66 valence electrons. The van der Waals surface area contributed by atoms with Crippen LogP contribution in [0.5, 0.6) is 0 Å². The van der Waals surface area contributed by atoms with Crippen molar-refractivity contribution in [3.05, 3.63) is 21.9 Å². The van der Waals surface area contributed by atoms with Crippen LogP contribution in [-0.4, -0.2) is 6.29 Å². The van der Waals surface area contributed by atoms with Crippen LogP contribution in [0.2, 0.25) is 0 Å². The highest BCUT2D eigenvalue weighted by Crippen LogP contribution is 2.13. The van der Waals surface area contributed by atoms with Gasteiger partial charge in [0.25, 0.3) is 0 Å². The second kappa shape index (κ2) is 5.65. The van der Waals surface area contributed by atoms with Crippen molar-refractivity contribution in [2.45, 2.75) is 6.92 Å². The molecule has 0 radical (unpaired) electrons. The molecule has 0 fully saturated rings. The summed E-state index contributed by atoms with van der Waals surface area (Å²) in [5, 5.41) is 0. The Labute approximate surface area is 87.2 Å². The lowest BCUT2D eigenvalue weighted by atomic mass is 10.4. The van der Waals surface area contributed by atoms with Crippen molar-refractivity contribution in [2.24, 2.45) is 0 Å². The van der Waals surface area contributed by atoms with E-state index in [2.05, 4.69) is 35.5 Å². The third kappa shape index (κ3) is 3.20. The smallest absolute Gasteiger partial charge is 0.193 e. The van der Waals surface area contributed by atoms with Gasteiger partial charge in [0.1, 0.15) is 0 Å². The lowest BCUT2D eigenvalue weighted by Gasteiger charge is -1.74. The molecular formula is C12H6OS. The van der Waals surface area contributed by atoms with Crippen LogP contribution in [0.3, 0.4) is 0 Å². The second-order valence-corrected chi connectivity index (χ2v) is 3.26. The molecule has 2 heteroatoms. The van der Waals surface area contributed by atoms with E-state index in [9.17, 15) is 4.79 Å². The van der Waals surface area contributed by atoms with E-state index in [0.29, 0.717) is 6.29 Å². The molecule has 0 saturated carbocycles. The van der Waals surface area contributed by atoms with Crippen molar-refractivity contribution in [1.29, 1.82) is 0 Å². The van der Waals surface area contributed by atoms with Gasteiger partial charge in [-0.3, -0.25) is 4.79 Å². The van der Waals surface area contributed by atoms with E-state index in [0.717, 1.165) is 9.75 Å². The molecule has 1 nitrogen and oxygen atoms in total. The Hall–Kier alpha value is -1.95. The summed E-state index contributed by atoms with van der Waals surface area (Å²) in [5.74, 6) is 16.0. The Balaban J connectivity index is 2.83. The van der Waals surface area contributed by atoms with Gasteiger partial charge in [-0.25, -0.2) is 0 Å². The Kier molecular flexibility index (Phi) is 4.09. The topological polar surface area (TPSA) is 17.1 Å². The van der Waals surface area contributed by atoms with Crippen LogP contribution in [0.25, 0.3) is 0 Å². The summed E-state index contributed by atoms with van der Waals surface area (Å²) in [6, 6.07) is 3.70. The van der Waals surface area contributed by atoms with E-state index in [1.807, 2.05) is 12.1 Å². The molecule has 1 aromatic heterocycles. The number of hydrogen-bond donors (Lipinski definition) is 0. The predicted octanol–water partition coefficient (Wildman–Crippen LogP) is 1.67. The van der Waals surface area contributed by atoms with E-state index in [-0.39, 0.29) is 0 Å². The highest BCUT2D eigenvalue weighted by molar-refractivity contribution is 7.13. The zero-order valence-electron chi connectivity index (χ0n) is 7.55. The Bertz CT molecular complexity index is 503. The summed E-state index contributed by atoms with van der Waals surface area (Å²) in [4.78, 5) is 11.7. The fourth-order valence-corrected chi connectivity index (χ4v) is 1.45. The second-order valence-electron chi connectivity index (χ2n) is 2.18. The monoisotopic (exact) mass is 198 g/mol. The number of carbonyl (C=O) groups excluding carboxylic acids is 1. The minimum Gasteiger partial charge on any atom is -0.289 e. The molecule has 0 unspecified atom stereocenters. The molecule has 0 atom stereocenters. The standard InChI is InChI=1S/C12H6OS/c1-2-3-4-6-11-8-9-12(14-11)7-5-10-13/h8-10H,1H3. The van der Waals surface area contributed by atoms with Crippen molar-refractivity contribution >= 4 is 17.6 Å². The number of hydrogen-bond acceptors (Lipinski definition) is 2. The van der Waals surface area contributed by atoms with Crippen LogP contribution in [0.15, 0.2) is 12.1 Å². The first-order chi connectivity index (χ1) is 6.86. The van der Waals surface area contributed by atoms with Crippen LogP contribution in [-0.2, 0) is 4.79 Å². The predicted molar refractivity (Wildman–Crippen MR) is 57.6 cm³/mol. The Morgan fingerprint density at radius 3 is 2.57 bits per heavy atom. The van der Waals surface area contributed by atoms with Gasteiger partial charge in [-0.1, -0.05) is 5.92 Å². The average molecular weight is 198 g/mol. The molecule has 0 N–H and O–H groups in total. The van der Waals surface area contributed by atoms with E-state index in [4.69, 9.17) is 0 Å². The fourth-order valence-electron chi connectivity index (χ4n) is 0.728. The SMILES string of the molecule is CC#CC#Cc1ccc(C#CC=O)s1. The first-order valence-electron chi connectivity index (χ1n) is 3.84. The van der Waals surface area contributed by atoms with Crippen LogP contribution in [0.1, 0.15) is 16.7 Å². The summed E-state index contributed by atoms with van der Waals surface area (Å²) < 4.78 is 0. The zero-order chi connectivity index (χ0) is 10.2. The molecule has 0 aliphatic heterocycles. The molecule has 0 saturated heterocycles. The van der Waals surface area contributed by atoms with Crippen molar-refractivity contribution < 1.29 is 4.79 Å². The van der Waals surface area contributed by atoms with E-state index in [1.165, 1.54) is 11.3 Å². The number of rotatable bonds is 0. The molecule has 0 aliphatic carbocycles. The molecule has 1 aromatic rings. The third-order valence-electron chi connectivity index (χ3n) is 1.23. The van der Waals surface area contributed by atoms with Crippen molar-refractivity contribution in [2.75, 3.05) is 0 Å². The lowest BCUT2D eigenvalue weighted by molar-refractivity contribution is -0.103. The summed E-state index contributed by atoms with van der Waals surface area (Å²) in [5.41, 5.74) is 0. The summed E-state index contributed by atoms with van der Waals surface area (Å²) >= 11 is 1.45. The van der Waals surface area contributed by atoms with Gasteiger partial charge in [0, 0.05) is 0 Å². The first-order valence-corrected chi connectivity index (χ1v) is 4.66. The quantitative estimate of drug-likeness (QED) is 0.458. The molecule has 0 aliphatic rings. The minimum absolute atomic E-state index is 0.577. The van der Waals surface area contributed by atoms with Crippen LogP contribution < -0.4 is 0 Å². The maximum Gasteiger partial charge on any atom is 0.193 e. The summed E-state index contributed by atoms with van der Waals surface area (Å²) in [7, 11) is 0. The van der Waals surface area contributed by atoms with Crippen molar-refractivity contribution in [1.82, 2.24) is 0 Å². The van der Waals surface area contributed by atoms with Gasteiger partial charge in [-0.05, 0) is 48.7 Å². The molecule has 1 heterocycles. The fraction of sp³-hybridized carbons (Fsp3) is 0.0833. The van der Waals surface area contributed by atoms with Gasteiger partial charge in [0.15, 0.2) is 6.29 Å². The molecule has 0 amide bonds. The van der Waals surface area contributed by atoms with Gasteiger partial charge in [0.2, 0.25) is 0 Å². The maximum atomic E-state index is 9.98. The molecule has 1 rings (SSSR count). The van der Waals surface area contributed by atoms with Gasteiger partial charge >= 0.3 is 0 Å². The maximum absolute atomic E-state index is 9.98. The first kappa shape index (κ1) is 10.1. The number of carbonyl (C=O) groups is 1. The van der Waals surface area contributed by atoms with E-state index >= 15 is 0 Å². The zero-order valence-corrected chi connectivity index (χ0v) is 8.37.